The minimum atomic E-state index is -0.373. The Hall–Kier alpha value is -2.54. The molecule has 3 rings (SSSR count). The zero-order valence-electron chi connectivity index (χ0n) is 11.7. The average molecular weight is 286 g/mol. The van der Waals surface area contributed by atoms with Gasteiger partial charge in [-0.25, -0.2) is 9.58 Å². The summed E-state index contributed by atoms with van der Waals surface area (Å²) in [6, 6.07) is 6.68. The fraction of sp³-hybridized carbons (Fsp3) is 0.286. The van der Waals surface area contributed by atoms with Gasteiger partial charge in [-0.1, -0.05) is 17.3 Å². The van der Waals surface area contributed by atoms with Crippen molar-refractivity contribution in [3.8, 4) is 0 Å². The van der Waals surface area contributed by atoms with Gasteiger partial charge in [0, 0.05) is 7.11 Å². The van der Waals surface area contributed by atoms with Gasteiger partial charge in [-0.2, -0.15) is 0 Å². The Morgan fingerprint density at radius 3 is 2.38 bits per heavy atom. The fourth-order valence-corrected chi connectivity index (χ4v) is 2.30. The monoisotopic (exact) mass is 286 g/mol. The molecular formula is C14H14N4O3. The van der Waals surface area contributed by atoms with Crippen LogP contribution in [0, 0.1) is 0 Å². The SMILES string of the molecule is COC[C@@H](C)n1cc(N2C(=O)c3ccccc3C2=O)nn1. The third-order valence-electron chi connectivity index (χ3n) is 3.38. The molecule has 0 N–H and O–H groups in total. The molecule has 2 aromatic rings. The second-order valence-electron chi connectivity index (χ2n) is 4.85. The quantitative estimate of drug-likeness (QED) is 0.791. The predicted molar refractivity (Wildman–Crippen MR) is 74.2 cm³/mol. The van der Waals surface area contributed by atoms with Crippen LogP contribution in [0.1, 0.15) is 33.7 Å². The zero-order valence-corrected chi connectivity index (χ0v) is 11.7. The Morgan fingerprint density at radius 2 is 1.81 bits per heavy atom. The topological polar surface area (TPSA) is 77.3 Å². The molecule has 7 heteroatoms. The summed E-state index contributed by atoms with van der Waals surface area (Å²) in [4.78, 5) is 25.7. The van der Waals surface area contributed by atoms with E-state index in [4.69, 9.17) is 4.74 Å². The molecule has 0 spiro atoms. The van der Waals surface area contributed by atoms with E-state index in [1.54, 1.807) is 42.3 Å². The highest BCUT2D eigenvalue weighted by molar-refractivity contribution is 6.34. The molecule has 0 unspecified atom stereocenters. The highest BCUT2D eigenvalue weighted by Gasteiger charge is 2.37. The summed E-state index contributed by atoms with van der Waals surface area (Å²) in [6.07, 6.45) is 1.57. The maximum Gasteiger partial charge on any atom is 0.267 e. The maximum absolute atomic E-state index is 12.3. The summed E-state index contributed by atoms with van der Waals surface area (Å²) < 4.78 is 6.62. The summed E-state index contributed by atoms with van der Waals surface area (Å²) in [7, 11) is 1.60. The van der Waals surface area contributed by atoms with Crippen molar-refractivity contribution in [2.45, 2.75) is 13.0 Å². The minimum Gasteiger partial charge on any atom is -0.382 e. The van der Waals surface area contributed by atoms with E-state index < -0.39 is 0 Å². The van der Waals surface area contributed by atoms with Gasteiger partial charge in [-0.15, -0.1) is 5.10 Å². The molecule has 7 nitrogen and oxygen atoms in total. The lowest BCUT2D eigenvalue weighted by Crippen LogP contribution is -2.29. The number of carbonyl (C=O) groups is 2. The molecule has 2 amide bonds. The van der Waals surface area contributed by atoms with Crippen LogP contribution in [-0.4, -0.2) is 40.5 Å². The number of methoxy groups -OCH3 is 1. The van der Waals surface area contributed by atoms with Gasteiger partial charge in [0.2, 0.25) is 0 Å². The standard InChI is InChI=1S/C14H14N4O3/c1-9(8-21-2)17-7-12(15-16-17)18-13(19)10-5-3-4-6-11(10)14(18)20/h3-7,9H,8H2,1-2H3/t9-/m1/s1. The van der Waals surface area contributed by atoms with Crippen molar-refractivity contribution in [3.63, 3.8) is 0 Å². The first kappa shape index (κ1) is 13.4. The van der Waals surface area contributed by atoms with Crippen LogP contribution < -0.4 is 4.90 Å². The number of amides is 2. The van der Waals surface area contributed by atoms with E-state index in [2.05, 4.69) is 10.3 Å². The van der Waals surface area contributed by atoms with Crippen LogP contribution in [0.4, 0.5) is 5.82 Å². The number of fused-ring (bicyclic) bond motifs is 1. The Balaban J connectivity index is 1.93. The van der Waals surface area contributed by atoms with E-state index in [0.717, 1.165) is 4.90 Å². The minimum absolute atomic E-state index is 0.0357. The van der Waals surface area contributed by atoms with Crippen molar-refractivity contribution in [2.75, 3.05) is 18.6 Å². The van der Waals surface area contributed by atoms with E-state index in [1.165, 1.54) is 0 Å². The molecule has 1 aromatic heterocycles. The molecule has 0 saturated heterocycles. The summed E-state index contributed by atoms with van der Waals surface area (Å²) in [5, 5.41) is 7.88. The lowest BCUT2D eigenvalue weighted by atomic mass is 10.1. The van der Waals surface area contributed by atoms with E-state index in [0.29, 0.717) is 17.7 Å². The number of ether oxygens (including phenoxy) is 1. The Morgan fingerprint density at radius 1 is 1.19 bits per heavy atom. The second-order valence-corrected chi connectivity index (χ2v) is 4.85. The molecule has 1 aliphatic rings. The van der Waals surface area contributed by atoms with Crippen molar-refractivity contribution in [1.82, 2.24) is 15.0 Å². The molecule has 0 bridgehead atoms. The van der Waals surface area contributed by atoms with Crippen LogP contribution in [0.2, 0.25) is 0 Å². The van der Waals surface area contributed by atoms with Crippen LogP contribution in [-0.2, 0) is 4.74 Å². The van der Waals surface area contributed by atoms with E-state index in [1.807, 2.05) is 6.92 Å². The highest BCUT2D eigenvalue weighted by atomic mass is 16.5. The summed E-state index contributed by atoms with van der Waals surface area (Å²) in [5.41, 5.74) is 0.781. The Labute approximate surface area is 121 Å². The molecule has 0 radical (unpaired) electrons. The number of carbonyl (C=O) groups excluding carboxylic acids is 2. The summed E-state index contributed by atoms with van der Waals surface area (Å²) in [5.74, 6) is -0.520. The third kappa shape index (κ3) is 2.11. The first-order valence-electron chi connectivity index (χ1n) is 6.52. The van der Waals surface area contributed by atoms with E-state index in [9.17, 15) is 9.59 Å². The number of rotatable bonds is 4. The molecule has 0 aliphatic carbocycles. The van der Waals surface area contributed by atoms with E-state index in [-0.39, 0.29) is 23.7 Å². The molecule has 21 heavy (non-hydrogen) atoms. The lowest BCUT2D eigenvalue weighted by molar-refractivity contribution is 0.0925. The van der Waals surface area contributed by atoms with Gasteiger partial charge in [0.25, 0.3) is 11.8 Å². The van der Waals surface area contributed by atoms with Gasteiger partial charge in [0.15, 0.2) is 5.82 Å². The van der Waals surface area contributed by atoms with Gasteiger partial charge in [0.05, 0.1) is 30.0 Å². The van der Waals surface area contributed by atoms with Gasteiger partial charge < -0.3 is 4.74 Å². The lowest BCUT2D eigenvalue weighted by Gasteiger charge is -2.10. The number of nitrogens with zero attached hydrogens (tertiary/aromatic N) is 4. The number of hydrogen-bond acceptors (Lipinski definition) is 5. The normalized spacial score (nSPS) is 15.4. The van der Waals surface area contributed by atoms with Crippen molar-refractivity contribution in [1.29, 1.82) is 0 Å². The van der Waals surface area contributed by atoms with Crippen LogP contribution >= 0.6 is 0 Å². The number of aromatic nitrogens is 3. The first-order chi connectivity index (χ1) is 10.1. The van der Waals surface area contributed by atoms with Gasteiger partial charge in [-0.05, 0) is 19.1 Å². The molecular weight excluding hydrogens is 272 g/mol. The number of hydrogen-bond donors (Lipinski definition) is 0. The fourth-order valence-electron chi connectivity index (χ4n) is 2.30. The highest BCUT2D eigenvalue weighted by Crippen LogP contribution is 2.26. The molecule has 1 aliphatic heterocycles. The molecule has 0 fully saturated rings. The van der Waals surface area contributed by atoms with Crippen molar-refractivity contribution in [2.24, 2.45) is 0 Å². The molecule has 1 atom stereocenters. The van der Waals surface area contributed by atoms with E-state index >= 15 is 0 Å². The van der Waals surface area contributed by atoms with Crippen LogP contribution in [0.15, 0.2) is 30.5 Å². The van der Waals surface area contributed by atoms with Gasteiger partial charge >= 0.3 is 0 Å². The van der Waals surface area contributed by atoms with Crippen LogP contribution in [0.5, 0.6) is 0 Å². The Bertz CT molecular complexity index is 675. The first-order valence-corrected chi connectivity index (χ1v) is 6.52. The molecule has 0 saturated carbocycles. The van der Waals surface area contributed by atoms with Crippen molar-refractivity contribution < 1.29 is 14.3 Å². The summed E-state index contributed by atoms with van der Waals surface area (Å²) >= 11 is 0. The average Bonchev–Trinajstić information content (AvgIpc) is 3.05. The number of benzene rings is 1. The van der Waals surface area contributed by atoms with Crippen molar-refractivity contribution >= 4 is 17.6 Å². The largest absolute Gasteiger partial charge is 0.382 e. The number of anilines is 1. The predicted octanol–water partition coefficient (Wildman–Crippen LogP) is 1.29. The van der Waals surface area contributed by atoms with Gasteiger partial charge in [0.1, 0.15) is 0 Å². The maximum atomic E-state index is 12.3. The second kappa shape index (κ2) is 5.10. The van der Waals surface area contributed by atoms with Crippen LogP contribution in [0.3, 0.4) is 0 Å². The molecule has 108 valence electrons. The summed E-state index contributed by atoms with van der Waals surface area (Å²) in [6.45, 7) is 2.37. The molecule has 2 heterocycles. The zero-order chi connectivity index (χ0) is 15.0. The number of imide groups is 1. The van der Waals surface area contributed by atoms with Gasteiger partial charge in [-0.3, -0.25) is 9.59 Å². The Kier molecular flexibility index (Phi) is 3.26. The third-order valence-corrected chi connectivity index (χ3v) is 3.38. The van der Waals surface area contributed by atoms with Crippen LogP contribution in [0.25, 0.3) is 0 Å². The van der Waals surface area contributed by atoms with Crippen molar-refractivity contribution in [3.05, 3.63) is 41.6 Å². The molecule has 1 aromatic carbocycles. The smallest absolute Gasteiger partial charge is 0.267 e.